The summed E-state index contributed by atoms with van der Waals surface area (Å²) >= 11 is 2.99. The average Bonchev–Trinajstić information content (AvgIpc) is 2.47. The van der Waals surface area contributed by atoms with Crippen LogP contribution in [0, 0.1) is 5.82 Å². The minimum absolute atomic E-state index is 0.0825. The highest BCUT2D eigenvalue weighted by molar-refractivity contribution is 9.10. The molecule has 1 saturated carbocycles. The molecule has 118 valence electrons. The Morgan fingerprint density at radius 1 is 1.29 bits per heavy atom. The molecule has 0 amide bonds. The van der Waals surface area contributed by atoms with Crippen molar-refractivity contribution in [1.29, 1.82) is 0 Å². The molecule has 1 aromatic carbocycles. The second kappa shape index (κ2) is 7.67. The van der Waals surface area contributed by atoms with Crippen molar-refractivity contribution in [3.05, 3.63) is 28.5 Å². The first kappa shape index (κ1) is 16.9. The van der Waals surface area contributed by atoms with Crippen molar-refractivity contribution in [3.8, 4) is 0 Å². The van der Waals surface area contributed by atoms with Gasteiger partial charge in [-0.3, -0.25) is 0 Å². The summed E-state index contributed by atoms with van der Waals surface area (Å²) in [4.78, 5) is -0.0825. The monoisotopic (exact) mass is 379 g/mol. The van der Waals surface area contributed by atoms with Crippen molar-refractivity contribution in [2.45, 2.75) is 43.1 Å². The first-order chi connectivity index (χ1) is 9.99. The molecule has 4 nitrogen and oxygen atoms in total. The molecule has 7 heteroatoms. The van der Waals surface area contributed by atoms with Crippen LogP contribution >= 0.6 is 15.9 Å². The first-order valence-electron chi connectivity index (χ1n) is 7.05. The molecule has 0 bridgehead atoms. The Labute approximate surface area is 133 Å². The zero-order valence-electron chi connectivity index (χ0n) is 11.6. The second-order valence-electron chi connectivity index (χ2n) is 5.10. The molecule has 0 radical (unpaired) electrons. The normalized spacial score (nSPS) is 17.0. The SMILES string of the molecule is O=S(=O)(NCCOC1CCCCC1)c1ccc(Br)c(F)c1. The van der Waals surface area contributed by atoms with E-state index in [1.54, 1.807) is 0 Å². The van der Waals surface area contributed by atoms with Gasteiger partial charge in [0, 0.05) is 6.54 Å². The minimum atomic E-state index is -3.69. The van der Waals surface area contributed by atoms with Crippen LogP contribution in [0.25, 0.3) is 0 Å². The van der Waals surface area contributed by atoms with Crippen LogP contribution in [0.15, 0.2) is 27.6 Å². The highest BCUT2D eigenvalue weighted by atomic mass is 79.9. The lowest BCUT2D eigenvalue weighted by atomic mass is 9.98. The molecule has 0 saturated heterocycles. The first-order valence-corrected chi connectivity index (χ1v) is 9.33. The van der Waals surface area contributed by atoms with Crippen molar-refractivity contribution in [3.63, 3.8) is 0 Å². The topological polar surface area (TPSA) is 55.4 Å². The van der Waals surface area contributed by atoms with E-state index in [1.807, 2.05) is 0 Å². The molecular formula is C14H19BrFNO3S. The summed E-state index contributed by atoms with van der Waals surface area (Å²) in [6, 6.07) is 3.73. The van der Waals surface area contributed by atoms with Gasteiger partial charge in [-0.1, -0.05) is 19.3 Å². The van der Waals surface area contributed by atoms with Gasteiger partial charge in [-0.05, 0) is 47.0 Å². The van der Waals surface area contributed by atoms with Gasteiger partial charge < -0.3 is 4.74 Å². The molecule has 0 unspecified atom stereocenters. The largest absolute Gasteiger partial charge is 0.377 e. The van der Waals surface area contributed by atoms with Crippen molar-refractivity contribution in [1.82, 2.24) is 4.72 Å². The summed E-state index contributed by atoms with van der Waals surface area (Å²) in [5.74, 6) is -0.601. The van der Waals surface area contributed by atoms with Crippen molar-refractivity contribution in [2.24, 2.45) is 0 Å². The van der Waals surface area contributed by atoms with E-state index in [1.165, 1.54) is 31.4 Å². The fourth-order valence-electron chi connectivity index (χ4n) is 2.36. The summed E-state index contributed by atoms with van der Waals surface area (Å²) in [6.45, 7) is 0.527. The van der Waals surface area contributed by atoms with Gasteiger partial charge in [0.15, 0.2) is 0 Å². The minimum Gasteiger partial charge on any atom is -0.377 e. The van der Waals surface area contributed by atoms with Crippen LogP contribution in [0.1, 0.15) is 32.1 Å². The molecule has 0 heterocycles. The maximum atomic E-state index is 13.4. The summed E-state index contributed by atoms with van der Waals surface area (Å²) < 4.78 is 45.7. The molecule has 0 spiro atoms. The van der Waals surface area contributed by atoms with Crippen LogP contribution in [0.4, 0.5) is 4.39 Å². The standard InChI is InChI=1S/C14H19BrFNO3S/c15-13-7-6-12(10-14(13)16)21(18,19)17-8-9-20-11-4-2-1-3-5-11/h6-7,10-11,17H,1-5,8-9H2. The number of halogens is 2. The van der Waals surface area contributed by atoms with Gasteiger partial charge in [-0.15, -0.1) is 0 Å². The Morgan fingerprint density at radius 2 is 2.00 bits per heavy atom. The highest BCUT2D eigenvalue weighted by Crippen LogP contribution is 2.20. The number of sulfonamides is 1. The number of nitrogens with one attached hydrogen (secondary N) is 1. The van der Waals surface area contributed by atoms with Crippen LogP contribution in [0.5, 0.6) is 0 Å². The fraction of sp³-hybridized carbons (Fsp3) is 0.571. The van der Waals surface area contributed by atoms with Crippen LogP contribution in [-0.4, -0.2) is 27.7 Å². The Bertz CT molecular complexity index is 574. The molecule has 1 aliphatic carbocycles. The van der Waals surface area contributed by atoms with Gasteiger partial charge in [0.25, 0.3) is 0 Å². The van der Waals surface area contributed by atoms with Gasteiger partial charge in [0.2, 0.25) is 10.0 Å². The smallest absolute Gasteiger partial charge is 0.240 e. The quantitative estimate of drug-likeness (QED) is 0.772. The predicted octanol–water partition coefficient (Wildman–Crippen LogP) is 3.22. The summed E-state index contributed by atoms with van der Waals surface area (Å²) in [5, 5.41) is 0. The third-order valence-electron chi connectivity index (χ3n) is 3.50. The lowest BCUT2D eigenvalue weighted by Gasteiger charge is -2.22. The lowest BCUT2D eigenvalue weighted by Crippen LogP contribution is -2.29. The maximum absolute atomic E-state index is 13.4. The average molecular weight is 380 g/mol. The molecule has 1 aromatic rings. The zero-order chi connectivity index (χ0) is 15.3. The number of rotatable bonds is 6. The maximum Gasteiger partial charge on any atom is 0.240 e. The van der Waals surface area contributed by atoms with Crippen molar-refractivity contribution < 1.29 is 17.5 Å². The number of hydrogen-bond acceptors (Lipinski definition) is 3. The molecule has 21 heavy (non-hydrogen) atoms. The predicted molar refractivity (Wildman–Crippen MR) is 82.1 cm³/mol. The second-order valence-corrected chi connectivity index (χ2v) is 7.73. The Kier molecular flexibility index (Phi) is 6.16. The van der Waals surface area contributed by atoms with Gasteiger partial charge in [-0.25, -0.2) is 17.5 Å². The van der Waals surface area contributed by atoms with E-state index in [0.717, 1.165) is 18.9 Å². The van der Waals surface area contributed by atoms with Crippen molar-refractivity contribution in [2.75, 3.05) is 13.2 Å². The van der Waals surface area contributed by atoms with Crippen LogP contribution < -0.4 is 4.72 Å². The van der Waals surface area contributed by atoms with Gasteiger partial charge in [0.1, 0.15) is 5.82 Å². The third kappa shape index (κ3) is 5.02. The van der Waals surface area contributed by atoms with E-state index in [0.29, 0.717) is 6.61 Å². The van der Waals surface area contributed by atoms with E-state index in [2.05, 4.69) is 20.7 Å². The molecule has 0 aliphatic heterocycles. The van der Waals surface area contributed by atoms with Crippen LogP contribution in [0.2, 0.25) is 0 Å². The van der Waals surface area contributed by atoms with Gasteiger partial charge in [0.05, 0.1) is 22.1 Å². The molecule has 1 N–H and O–H groups in total. The summed E-state index contributed by atoms with van der Waals surface area (Å²) in [6.07, 6.45) is 5.94. The van der Waals surface area contributed by atoms with Crippen LogP contribution in [0.3, 0.4) is 0 Å². The highest BCUT2D eigenvalue weighted by Gasteiger charge is 2.17. The summed E-state index contributed by atoms with van der Waals surface area (Å²) in [5.41, 5.74) is 0. The Balaban J connectivity index is 1.82. The summed E-state index contributed by atoms with van der Waals surface area (Å²) in [7, 11) is -3.69. The molecule has 0 atom stereocenters. The van der Waals surface area contributed by atoms with E-state index in [9.17, 15) is 12.8 Å². The lowest BCUT2D eigenvalue weighted by molar-refractivity contribution is 0.0321. The molecule has 0 aromatic heterocycles. The zero-order valence-corrected chi connectivity index (χ0v) is 14.1. The van der Waals surface area contributed by atoms with E-state index in [4.69, 9.17) is 4.74 Å². The number of hydrogen-bond donors (Lipinski definition) is 1. The fourth-order valence-corrected chi connectivity index (χ4v) is 3.63. The molecular weight excluding hydrogens is 361 g/mol. The molecule has 1 aliphatic rings. The van der Waals surface area contributed by atoms with Crippen LogP contribution in [-0.2, 0) is 14.8 Å². The van der Waals surface area contributed by atoms with E-state index >= 15 is 0 Å². The Hall–Kier alpha value is -0.500. The molecule has 2 rings (SSSR count). The van der Waals surface area contributed by atoms with E-state index < -0.39 is 15.8 Å². The number of ether oxygens (including phenoxy) is 1. The number of benzene rings is 1. The van der Waals surface area contributed by atoms with Gasteiger partial charge >= 0.3 is 0 Å². The van der Waals surface area contributed by atoms with Crippen molar-refractivity contribution >= 4 is 26.0 Å². The van der Waals surface area contributed by atoms with E-state index in [-0.39, 0.29) is 22.0 Å². The van der Waals surface area contributed by atoms with Gasteiger partial charge in [-0.2, -0.15) is 0 Å². The molecule has 1 fully saturated rings. The Morgan fingerprint density at radius 3 is 2.67 bits per heavy atom. The third-order valence-corrected chi connectivity index (χ3v) is 5.60.